The number of hydrogen-bond acceptors (Lipinski definition) is 6. The Bertz CT molecular complexity index is 636. The average molecular weight is 337 g/mol. The number of aliphatic carboxylic acids is 1. The molecule has 2 aliphatic heterocycles. The van der Waals surface area contributed by atoms with E-state index in [1.165, 1.54) is 0 Å². The van der Waals surface area contributed by atoms with Crippen molar-refractivity contribution in [1.82, 2.24) is 9.88 Å². The predicted octanol–water partition coefficient (Wildman–Crippen LogP) is 1.13. The molecule has 1 N–H and O–H groups in total. The molecule has 2 aliphatic rings. The van der Waals surface area contributed by atoms with Gasteiger partial charge in [0.05, 0.1) is 24.6 Å². The highest BCUT2D eigenvalue weighted by Gasteiger charge is 2.44. The minimum atomic E-state index is -0.985. The van der Waals surface area contributed by atoms with Crippen LogP contribution in [0.5, 0.6) is 0 Å². The lowest BCUT2D eigenvalue weighted by Gasteiger charge is -2.33. The number of likely N-dealkylation sites (tertiary alicyclic amines) is 1. The smallest absolute Gasteiger partial charge is 0.309 e. The highest BCUT2D eigenvalue weighted by molar-refractivity contribution is 7.14. The van der Waals surface area contributed by atoms with Crippen molar-refractivity contribution in [3.8, 4) is 0 Å². The fourth-order valence-electron chi connectivity index (χ4n) is 3.08. The van der Waals surface area contributed by atoms with Crippen molar-refractivity contribution >= 4 is 34.3 Å². The highest BCUT2D eigenvalue weighted by Crippen LogP contribution is 2.30. The van der Waals surface area contributed by atoms with Crippen molar-refractivity contribution in [2.45, 2.75) is 38.6 Å². The number of anilines is 1. The summed E-state index contributed by atoms with van der Waals surface area (Å²) in [4.78, 5) is 43.0. The van der Waals surface area contributed by atoms with Gasteiger partial charge in [-0.1, -0.05) is 6.92 Å². The van der Waals surface area contributed by atoms with Crippen molar-refractivity contribution < 1.29 is 19.5 Å². The summed E-state index contributed by atoms with van der Waals surface area (Å²) >= 11 is 1.14. The Kier molecular flexibility index (Phi) is 4.45. The zero-order chi connectivity index (χ0) is 16.6. The second-order valence-corrected chi connectivity index (χ2v) is 7.03. The van der Waals surface area contributed by atoms with Crippen LogP contribution in [-0.4, -0.2) is 51.9 Å². The summed E-state index contributed by atoms with van der Waals surface area (Å²) in [6.07, 6.45) is 2.05. The fraction of sp³-hybridized carbons (Fsp3) is 0.600. The van der Waals surface area contributed by atoms with Gasteiger partial charge in [0.25, 0.3) is 5.91 Å². The van der Waals surface area contributed by atoms with Crippen molar-refractivity contribution in [1.29, 1.82) is 0 Å². The predicted molar refractivity (Wildman–Crippen MR) is 84.3 cm³/mol. The first kappa shape index (κ1) is 16.1. The van der Waals surface area contributed by atoms with Crippen LogP contribution in [-0.2, 0) is 20.8 Å². The molecule has 3 rings (SSSR count). The van der Waals surface area contributed by atoms with Crippen LogP contribution in [0.3, 0.4) is 0 Å². The molecule has 2 fully saturated rings. The molecule has 0 radical (unpaired) electrons. The van der Waals surface area contributed by atoms with Gasteiger partial charge in [0.2, 0.25) is 5.91 Å². The van der Waals surface area contributed by atoms with E-state index in [1.807, 2.05) is 0 Å². The lowest BCUT2D eigenvalue weighted by atomic mass is 9.97. The molecule has 7 nitrogen and oxygen atoms in total. The summed E-state index contributed by atoms with van der Waals surface area (Å²) in [7, 11) is 0. The Morgan fingerprint density at radius 3 is 2.74 bits per heavy atom. The van der Waals surface area contributed by atoms with Gasteiger partial charge in [-0.3, -0.25) is 19.3 Å². The SMILES string of the molecule is CC1CCN(C2CC(=O)N(c3nc(CC(=O)O)cs3)C2=O)CC1. The number of aromatic nitrogens is 1. The molecule has 0 bridgehead atoms. The molecule has 0 aliphatic carbocycles. The van der Waals surface area contributed by atoms with Crippen LogP contribution in [0.2, 0.25) is 0 Å². The number of nitrogens with zero attached hydrogens (tertiary/aromatic N) is 3. The Morgan fingerprint density at radius 1 is 1.39 bits per heavy atom. The molecule has 1 atom stereocenters. The molecule has 0 aromatic carbocycles. The van der Waals surface area contributed by atoms with Gasteiger partial charge in [0.15, 0.2) is 5.13 Å². The quantitative estimate of drug-likeness (QED) is 0.829. The third-order valence-corrected chi connectivity index (χ3v) is 5.32. The fourth-order valence-corrected chi connectivity index (χ4v) is 3.92. The lowest BCUT2D eigenvalue weighted by Crippen LogP contribution is -2.45. The molecule has 3 heterocycles. The van der Waals surface area contributed by atoms with Crippen molar-refractivity contribution in [2.75, 3.05) is 18.0 Å². The van der Waals surface area contributed by atoms with Crippen molar-refractivity contribution in [3.05, 3.63) is 11.1 Å². The first-order valence-corrected chi connectivity index (χ1v) is 8.60. The van der Waals surface area contributed by atoms with E-state index in [1.54, 1.807) is 5.38 Å². The maximum atomic E-state index is 12.6. The molecule has 0 saturated carbocycles. The molecule has 2 amide bonds. The second kappa shape index (κ2) is 6.37. The van der Waals surface area contributed by atoms with Crippen LogP contribution in [0.15, 0.2) is 5.38 Å². The standard InChI is InChI=1S/C15H19N3O4S/c1-9-2-4-17(5-3-9)11-7-12(19)18(14(11)22)15-16-10(8-23-15)6-13(20)21/h8-9,11H,2-7H2,1H3,(H,20,21). The summed E-state index contributed by atoms with van der Waals surface area (Å²) < 4.78 is 0. The number of piperidine rings is 1. The summed E-state index contributed by atoms with van der Waals surface area (Å²) in [6, 6.07) is -0.401. The van der Waals surface area contributed by atoms with Gasteiger partial charge in [-0.25, -0.2) is 9.88 Å². The first-order chi connectivity index (χ1) is 11.0. The Labute approximate surface area is 137 Å². The molecule has 124 valence electrons. The van der Waals surface area contributed by atoms with E-state index < -0.39 is 12.0 Å². The molecule has 2 saturated heterocycles. The normalized spacial score (nSPS) is 23.7. The summed E-state index contributed by atoms with van der Waals surface area (Å²) in [5.41, 5.74) is 0.369. The number of imide groups is 1. The van der Waals surface area contributed by atoms with Crippen LogP contribution in [0, 0.1) is 5.92 Å². The topological polar surface area (TPSA) is 90.8 Å². The number of amides is 2. The third kappa shape index (κ3) is 3.28. The Hall–Kier alpha value is -1.80. The van der Waals surface area contributed by atoms with E-state index in [0.717, 1.165) is 42.2 Å². The zero-order valence-electron chi connectivity index (χ0n) is 12.9. The van der Waals surface area contributed by atoms with Crippen molar-refractivity contribution in [2.24, 2.45) is 5.92 Å². The summed E-state index contributed by atoms with van der Waals surface area (Å²) in [5, 5.41) is 10.7. The number of carboxylic acids is 1. The Balaban J connectivity index is 1.73. The Morgan fingerprint density at radius 2 is 2.09 bits per heavy atom. The molecule has 1 aromatic heterocycles. The van der Waals surface area contributed by atoms with E-state index in [0.29, 0.717) is 11.6 Å². The molecule has 1 unspecified atom stereocenters. The van der Waals surface area contributed by atoms with Gasteiger partial charge in [-0.15, -0.1) is 11.3 Å². The molecule has 23 heavy (non-hydrogen) atoms. The van der Waals surface area contributed by atoms with Gasteiger partial charge in [0, 0.05) is 5.38 Å². The largest absolute Gasteiger partial charge is 0.481 e. The second-order valence-electron chi connectivity index (χ2n) is 6.20. The molecule has 0 spiro atoms. The van der Waals surface area contributed by atoms with Crippen LogP contribution in [0.4, 0.5) is 5.13 Å². The van der Waals surface area contributed by atoms with Crippen LogP contribution in [0.25, 0.3) is 0 Å². The maximum absolute atomic E-state index is 12.6. The molecule has 8 heteroatoms. The number of thiazole rings is 1. The zero-order valence-corrected chi connectivity index (χ0v) is 13.7. The van der Waals surface area contributed by atoms with Gasteiger partial charge < -0.3 is 5.11 Å². The number of rotatable bonds is 4. The van der Waals surface area contributed by atoms with Crippen LogP contribution in [0.1, 0.15) is 31.9 Å². The van der Waals surface area contributed by atoms with E-state index in [9.17, 15) is 14.4 Å². The number of hydrogen-bond donors (Lipinski definition) is 1. The minimum Gasteiger partial charge on any atom is -0.481 e. The maximum Gasteiger partial charge on any atom is 0.309 e. The molecular formula is C15H19N3O4S. The van der Waals surface area contributed by atoms with E-state index in [2.05, 4.69) is 16.8 Å². The average Bonchev–Trinajstić information content (AvgIpc) is 3.04. The monoisotopic (exact) mass is 337 g/mol. The summed E-state index contributed by atoms with van der Waals surface area (Å²) in [5.74, 6) is -0.816. The van der Waals surface area contributed by atoms with Crippen LogP contribution >= 0.6 is 11.3 Å². The number of carbonyl (C=O) groups excluding carboxylic acids is 2. The van der Waals surface area contributed by atoms with E-state index >= 15 is 0 Å². The van der Waals surface area contributed by atoms with Gasteiger partial charge in [0.1, 0.15) is 0 Å². The van der Waals surface area contributed by atoms with E-state index in [4.69, 9.17) is 5.11 Å². The van der Waals surface area contributed by atoms with Crippen molar-refractivity contribution in [3.63, 3.8) is 0 Å². The van der Waals surface area contributed by atoms with Gasteiger partial charge in [-0.05, 0) is 31.8 Å². The highest BCUT2D eigenvalue weighted by atomic mass is 32.1. The lowest BCUT2D eigenvalue weighted by molar-refractivity contribution is -0.136. The van der Waals surface area contributed by atoms with Gasteiger partial charge >= 0.3 is 5.97 Å². The van der Waals surface area contributed by atoms with Gasteiger partial charge in [-0.2, -0.15) is 0 Å². The van der Waals surface area contributed by atoms with E-state index in [-0.39, 0.29) is 29.8 Å². The molecule has 1 aromatic rings. The van der Waals surface area contributed by atoms with Crippen LogP contribution < -0.4 is 4.90 Å². The summed E-state index contributed by atoms with van der Waals surface area (Å²) in [6.45, 7) is 3.87. The number of carbonyl (C=O) groups is 3. The first-order valence-electron chi connectivity index (χ1n) is 7.72. The third-order valence-electron chi connectivity index (χ3n) is 4.45. The number of carboxylic acid groups (broad SMARTS) is 1. The molecular weight excluding hydrogens is 318 g/mol. The minimum absolute atomic E-state index is 0.182.